The molecule has 0 aromatic carbocycles. The monoisotopic (exact) mass is 268 g/mol. The Bertz CT molecular complexity index is 259. The molecule has 1 aliphatic heterocycles. The van der Waals surface area contributed by atoms with Crippen molar-refractivity contribution in [1.29, 1.82) is 0 Å². The van der Waals surface area contributed by atoms with Crippen molar-refractivity contribution >= 4 is 0 Å². The van der Waals surface area contributed by atoms with Crippen molar-refractivity contribution in [3.63, 3.8) is 0 Å². The number of β-amino-alcohol motifs (C(OH)–C–C–N with tert-alkyl or cyclic N) is 1. The molecule has 0 aromatic heterocycles. The van der Waals surface area contributed by atoms with Crippen LogP contribution in [0.4, 0.5) is 0 Å². The van der Waals surface area contributed by atoms with E-state index in [2.05, 4.69) is 24.2 Å². The number of aliphatic hydroxyl groups excluding tert-OH is 1. The summed E-state index contributed by atoms with van der Waals surface area (Å²) in [6.07, 6.45) is 8.91. The normalized spacial score (nSPS) is 37.4. The summed E-state index contributed by atoms with van der Waals surface area (Å²) in [7, 11) is 2.11. The fourth-order valence-electron chi connectivity index (χ4n) is 4.14. The molecule has 2 aliphatic rings. The number of hydrogen-bond acceptors (Lipinski definition) is 3. The van der Waals surface area contributed by atoms with E-state index in [9.17, 15) is 5.11 Å². The molecule has 0 bridgehead atoms. The van der Waals surface area contributed by atoms with Crippen LogP contribution in [0.25, 0.3) is 0 Å². The third-order valence-corrected chi connectivity index (χ3v) is 5.13. The largest absolute Gasteiger partial charge is 0.392 e. The van der Waals surface area contributed by atoms with Crippen LogP contribution in [0.1, 0.15) is 51.9 Å². The summed E-state index contributed by atoms with van der Waals surface area (Å²) in [5.74, 6) is 1.72. The maximum atomic E-state index is 9.81. The standard InChI is InChI=1S/C16H32N2O/c1-3-5-13-7-8-16(17-2)14(10-13)11-18-9-4-6-15(19)12-18/h13-17,19H,3-12H2,1-2H3. The van der Waals surface area contributed by atoms with E-state index in [1.165, 1.54) is 45.2 Å². The van der Waals surface area contributed by atoms with Gasteiger partial charge in [0.05, 0.1) is 6.10 Å². The predicted octanol–water partition coefficient (Wildman–Crippen LogP) is 2.25. The van der Waals surface area contributed by atoms with Gasteiger partial charge in [-0.25, -0.2) is 0 Å². The van der Waals surface area contributed by atoms with Crippen molar-refractivity contribution in [2.45, 2.75) is 64.0 Å². The zero-order valence-corrected chi connectivity index (χ0v) is 12.8. The van der Waals surface area contributed by atoms with Gasteiger partial charge in [-0.2, -0.15) is 0 Å². The quantitative estimate of drug-likeness (QED) is 0.803. The number of piperidine rings is 1. The lowest BCUT2D eigenvalue weighted by atomic mass is 9.76. The van der Waals surface area contributed by atoms with Crippen LogP contribution < -0.4 is 5.32 Å². The lowest BCUT2D eigenvalue weighted by Crippen LogP contribution is -2.47. The molecule has 0 spiro atoms. The molecule has 1 saturated heterocycles. The summed E-state index contributed by atoms with van der Waals surface area (Å²) in [6, 6.07) is 0.687. The third-order valence-electron chi connectivity index (χ3n) is 5.13. The van der Waals surface area contributed by atoms with Gasteiger partial charge in [-0.05, 0) is 57.5 Å². The Hall–Kier alpha value is -0.120. The highest BCUT2D eigenvalue weighted by Crippen LogP contribution is 2.33. The molecule has 1 saturated carbocycles. The maximum absolute atomic E-state index is 9.81. The van der Waals surface area contributed by atoms with Crippen LogP contribution >= 0.6 is 0 Å². The molecule has 4 atom stereocenters. The topological polar surface area (TPSA) is 35.5 Å². The van der Waals surface area contributed by atoms with Crippen LogP contribution in [0.2, 0.25) is 0 Å². The summed E-state index contributed by atoms with van der Waals surface area (Å²) >= 11 is 0. The molecule has 2 N–H and O–H groups in total. The summed E-state index contributed by atoms with van der Waals surface area (Å²) < 4.78 is 0. The highest BCUT2D eigenvalue weighted by atomic mass is 16.3. The Morgan fingerprint density at radius 1 is 1.26 bits per heavy atom. The van der Waals surface area contributed by atoms with Gasteiger partial charge in [0.25, 0.3) is 0 Å². The first kappa shape index (κ1) is 15.3. The first-order chi connectivity index (χ1) is 9.22. The molecular weight excluding hydrogens is 236 g/mol. The van der Waals surface area contributed by atoms with Crippen LogP contribution in [0.5, 0.6) is 0 Å². The molecule has 0 aromatic rings. The number of hydrogen-bond donors (Lipinski definition) is 2. The molecule has 2 fully saturated rings. The van der Waals surface area contributed by atoms with Gasteiger partial charge in [-0.3, -0.25) is 0 Å². The highest BCUT2D eigenvalue weighted by molar-refractivity contribution is 4.87. The number of aliphatic hydroxyl groups is 1. The van der Waals surface area contributed by atoms with Crippen molar-refractivity contribution in [3.8, 4) is 0 Å². The minimum absolute atomic E-state index is 0.0863. The summed E-state index contributed by atoms with van der Waals surface area (Å²) in [5, 5.41) is 13.3. The van der Waals surface area contributed by atoms with Crippen LogP contribution in [0, 0.1) is 11.8 Å². The molecule has 0 radical (unpaired) electrons. The molecule has 1 aliphatic carbocycles. The van der Waals surface area contributed by atoms with Crippen LogP contribution in [0.15, 0.2) is 0 Å². The molecule has 3 heteroatoms. The van der Waals surface area contributed by atoms with E-state index in [1.807, 2.05) is 0 Å². The Balaban J connectivity index is 1.86. The molecular formula is C16H32N2O. The fourth-order valence-corrected chi connectivity index (χ4v) is 4.14. The number of rotatable bonds is 5. The van der Waals surface area contributed by atoms with Crippen molar-refractivity contribution in [2.75, 3.05) is 26.7 Å². The number of nitrogens with one attached hydrogen (secondary N) is 1. The van der Waals surface area contributed by atoms with Crippen LogP contribution in [-0.4, -0.2) is 48.8 Å². The van der Waals surface area contributed by atoms with E-state index in [0.29, 0.717) is 6.04 Å². The van der Waals surface area contributed by atoms with Gasteiger partial charge in [0, 0.05) is 19.1 Å². The minimum atomic E-state index is -0.0863. The second kappa shape index (κ2) is 7.61. The Morgan fingerprint density at radius 3 is 2.79 bits per heavy atom. The summed E-state index contributed by atoms with van der Waals surface area (Å²) in [4.78, 5) is 2.50. The van der Waals surface area contributed by atoms with Gasteiger partial charge in [-0.1, -0.05) is 19.8 Å². The molecule has 0 amide bonds. The van der Waals surface area contributed by atoms with Crippen molar-refractivity contribution < 1.29 is 5.11 Å². The van der Waals surface area contributed by atoms with E-state index in [0.717, 1.165) is 31.2 Å². The average molecular weight is 268 g/mol. The van der Waals surface area contributed by atoms with Crippen molar-refractivity contribution in [2.24, 2.45) is 11.8 Å². The van der Waals surface area contributed by atoms with Gasteiger partial charge < -0.3 is 15.3 Å². The second-order valence-electron chi connectivity index (χ2n) is 6.68. The zero-order valence-electron chi connectivity index (χ0n) is 12.8. The Morgan fingerprint density at radius 2 is 2.11 bits per heavy atom. The minimum Gasteiger partial charge on any atom is -0.392 e. The fraction of sp³-hybridized carbons (Fsp3) is 1.00. The first-order valence-electron chi connectivity index (χ1n) is 8.30. The first-order valence-corrected chi connectivity index (χ1v) is 8.30. The molecule has 4 unspecified atom stereocenters. The lowest BCUT2D eigenvalue weighted by Gasteiger charge is -2.40. The molecule has 19 heavy (non-hydrogen) atoms. The molecule has 1 heterocycles. The lowest BCUT2D eigenvalue weighted by molar-refractivity contribution is 0.0488. The molecule has 2 rings (SSSR count). The highest BCUT2D eigenvalue weighted by Gasteiger charge is 2.31. The van der Waals surface area contributed by atoms with Gasteiger partial charge in [-0.15, -0.1) is 0 Å². The Labute approximate surface area is 118 Å². The molecule has 3 nitrogen and oxygen atoms in total. The van der Waals surface area contributed by atoms with Crippen molar-refractivity contribution in [3.05, 3.63) is 0 Å². The number of likely N-dealkylation sites (tertiary alicyclic amines) is 1. The zero-order chi connectivity index (χ0) is 13.7. The van der Waals surface area contributed by atoms with Gasteiger partial charge in [0.2, 0.25) is 0 Å². The summed E-state index contributed by atoms with van der Waals surface area (Å²) in [5.41, 5.74) is 0. The van der Waals surface area contributed by atoms with E-state index in [-0.39, 0.29) is 6.10 Å². The maximum Gasteiger partial charge on any atom is 0.0667 e. The molecule has 112 valence electrons. The van der Waals surface area contributed by atoms with E-state index in [4.69, 9.17) is 0 Å². The van der Waals surface area contributed by atoms with Gasteiger partial charge >= 0.3 is 0 Å². The average Bonchev–Trinajstić information content (AvgIpc) is 2.39. The SMILES string of the molecule is CCCC1CCC(NC)C(CN2CCCC(O)C2)C1. The Kier molecular flexibility index (Phi) is 6.11. The van der Waals surface area contributed by atoms with Gasteiger partial charge in [0.1, 0.15) is 0 Å². The smallest absolute Gasteiger partial charge is 0.0667 e. The van der Waals surface area contributed by atoms with Crippen LogP contribution in [-0.2, 0) is 0 Å². The summed E-state index contributed by atoms with van der Waals surface area (Å²) in [6.45, 7) is 5.57. The second-order valence-corrected chi connectivity index (χ2v) is 6.68. The van der Waals surface area contributed by atoms with Crippen LogP contribution in [0.3, 0.4) is 0 Å². The van der Waals surface area contributed by atoms with E-state index < -0.39 is 0 Å². The number of nitrogens with zero attached hydrogens (tertiary/aromatic N) is 1. The third kappa shape index (κ3) is 4.44. The van der Waals surface area contributed by atoms with E-state index in [1.54, 1.807) is 0 Å². The van der Waals surface area contributed by atoms with Gasteiger partial charge in [0.15, 0.2) is 0 Å². The van der Waals surface area contributed by atoms with Crippen molar-refractivity contribution in [1.82, 2.24) is 10.2 Å². The van der Waals surface area contributed by atoms with E-state index >= 15 is 0 Å². The predicted molar refractivity (Wildman–Crippen MR) is 80.3 cm³/mol.